The van der Waals surface area contributed by atoms with Crippen LogP contribution in [0.2, 0.25) is 0 Å². The first kappa shape index (κ1) is 24.6. The van der Waals surface area contributed by atoms with Crippen LogP contribution in [-0.4, -0.2) is 69.7 Å². The summed E-state index contributed by atoms with van der Waals surface area (Å²) < 4.78 is 30.3. The highest BCUT2D eigenvalue weighted by Crippen LogP contribution is 2.84. The average Bonchev–Trinajstić information content (AvgIpc) is 3.10. The molecule has 0 amide bonds. The van der Waals surface area contributed by atoms with E-state index in [1.165, 1.54) is 20.8 Å². The van der Waals surface area contributed by atoms with Crippen molar-refractivity contribution in [1.29, 1.82) is 0 Å². The van der Waals surface area contributed by atoms with E-state index in [9.17, 15) is 24.3 Å². The van der Waals surface area contributed by atoms with E-state index < -0.39 is 74.9 Å². The minimum Gasteiger partial charge on any atom is -0.459 e. The molecule has 0 aromatic heterocycles. The summed E-state index contributed by atoms with van der Waals surface area (Å²) in [6, 6.07) is 0. The molecule has 6 fully saturated rings. The van der Waals surface area contributed by atoms with Crippen molar-refractivity contribution in [2.24, 2.45) is 16.2 Å². The fourth-order valence-corrected chi connectivity index (χ4v) is 9.15. The Morgan fingerprint density at radius 1 is 1.03 bits per heavy atom. The molecule has 6 rings (SSSR count). The van der Waals surface area contributed by atoms with Crippen LogP contribution in [0.15, 0.2) is 24.3 Å². The van der Waals surface area contributed by atoms with E-state index in [0.29, 0.717) is 5.57 Å². The molecule has 1 unspecified atom stereocenters. The molecular weight excluding hydrogens is 484 g/mol. The van der Waals surface area contributed by atoms with Crippen LogP contribution in [-0.2, 0) is 42.9 Å². The minimum atomic E-state index is -2.00. The van der Waals surface area contributed by atoms with Crippen LogP contribution >= 0.6 is 0 Å². The highest BCUT2D eigenvalue weighted by molar-refractivity contribution is 6.02. The van der Waals surface area contributed by atoms with Gasteiger partial charge in [0.05, 0.1) is 11.5 Å². The normalized spacial score (nSPS) is 52.8. The van der Waals surface area contributed by atoms with Crippen molar-refractivity contribution in [3.8, 4) is 0 Å². The Kier molecular flexibility index (Phi) is 4.18. The number of rotatable bonds is 1. The SMILES string of the molecule is C=C1C23O[C@@]45C(=O)O[C@](C)(C(=C)[C@@]4(C(=O)O[C@H]5C)[C@]2(C)[C@@H](O)C[C@]12CCC(=O)OC2(C)C)[C@@H]3OC(C)=O. The predicted molar refractivity (Wildman–Crippen MR) is 123 cm³/mol. The van der Waals surface area contributed by atoms with Gasteiger partial charge < -0.3 is 28.8 Å². The Bertz CT molecular complexity index is 1250. The number of cyclic esters (lactones) is 2. The van der Waals surface area contributed by atoms with Crippen LogP contribution in [0.4, 0.5) is 0 Å². The maximum Gasteiger partial charge on any atom is 0.345 e. The summed E-state index contributed by atoms with van der Waals surface area (Å²) >= 11 is 0. The van der Waals surface area contributed by atoms with E-state index in [1.807, 2.05) is 0 Å². The monoisotopic (exact) mass is 516 g/mol. The van der Waals surface area contributed by atoms with Crippen LogP contribution < -0.4 is 0 Å². The van der Waals surface area contributed by atoms with E-state index >= 15 is 0 Å². The van der Waals surface area contributed by atoms with Gasteiger partial charge in [0.15, 0.2) is 11.7 Å². The lowest BCUT2D eigenvalue weighted by Crippen LogP contribution is -2.82. The quantitative estimate of drug-likeness (QED) is 0.312. The van der Waals surface area contributed by atoms with E-state index in [2.05, 4.69) is 13.2 Å². The van der Waals surface area contributed by atoms with E-state index in [1.54, 1.807) is 20.8 Å². The fourth-order valence-electron chi connectivity index (χ4n) is 9.15. The number of carbonyl (C=O) groups is 4. The first-order valence-corrected chi connectivity index (χ1v) is 12.6. The molecule has 2 saturated carbocycles. The lowest BCUT2D eigenvalue weighted by atomic mass is 9.34. The molecule has 3 bridgehead atoms. The Morgan fingerprint density at radius 2 is 1.68 bits per heavy atom. The van der Waals surface area contributed by atoms with Gasteiger partial charge in [-0.1, -0.05) is 20.1 Å². The number of hydrogen-bond acceptors (Lipinski definition) is 10. The van der Waals surface area contributed by atoms with Gasteiger partial charge in [-0.2, -0.15) is 0 Å². The Labute approximate surface area is 214 Å². The second-order valence-electron chi connectivity index (χ2n) is 12.3. The van der Waals surface area contributed by atoms with Crippen LogP contribution in [0.5, 0.6) is 0 Å². The predicted octanol–water partition coefficient (Wildman–Crippen LogP) is 1.67. The minimum absolute atomic E-state index is 0.0546. The molecule has 0 aromatic carbocycles. The van der Waals surface area contributed by atoms with Gasteiger partial charge in [-0.3, -0.25) is 14.4 Å². The van der Waals surface area contributed by atoms with Crippen molar-refractivity contribution in [2.45, 2.75) is 102 Å². The van der Waals surface area contributed by atoms with Crippen molar-refractivity contribution in [3.05, 3.63) is 24.3 Å². The van der Waals surface area contributed by atoms with Gasteiger partial charge in [0.1, 0.15) is 22.7 Å². The summed E-state index contributed by atoms with van der Waals surface area (Å²) in [5, 5.41) is 12.2. The molecule has 200 valence electrons. The molecule has 0 radical (unpaired) electrons. The number of hydrogen-bond donors (Lipinski definition) is 1. The zero-order valence-electron chi connectivity index (χ0n) is 21.9. The number of carbonyl (C=O) groups excluding carboxylic acids is 4. The molecule has 37 heavy (non-hydrogen) atoms. The lowest BCUT2D eigenvalue weighted by molar-refractivity contribution is -0.270. The average molecular weight is 517 g/mol. The zero-order valence-corrected chi connectivity index (χ0v) is 21.9. The number of aliphatic hydroxyl groups is 1. The van der Waals surface area contributed by atoms with Crippen LogP contribution in [0.3, 0.4) is 0 Å². The van der Waals surface area contributed by atoms with Gasteiger partial charge in [0.25, 0.3) is 0 Å². The molecule has 2 aliphatic carbocycles. The maximum absolute atomic E-state index is 14.0. The highest BCUT2D eigenvalue weighted by Gasteiger charge is 3.00. The van der Waals surface area contributed by atoms with E-state index in [4.69, 9.17) is 23.7 Å². The first-order valence-electron chi connectivity index (χ1n) is 12.6. The van der Waals surface area contributed by atoms with Crippen molar-refractivity contribution >= 4 is 23.9 Å². The number of ether oxygens (including phenoxy) is 5. The summed E-state index contributed by atoms with van der Waals surface area (Å²) in [5.74, 6) is -2.68. The van der Waals surface area contributed by atoms with Gasteiger partial charge >= 0.3 is 23.9 Å². The Morgan fingerprint density at radius 3 is 2.27 bits per heavy atom. The van der Waals surface area contributed by atoms with Crippen LogP contribution in [0, 0.1) is 16.2 Å². The third-order valence-electron chi connectivity index (χ3n) is 10.9. The maximum atomic E-state index is 14.0. The van der Waals surface area contributed by atoms with Crippen LogP contribution in [0.1, 0.15) is 60.8 Å². The fraction of sp³-hybridized carbons (Fsp3) is 0.704. The van der Waals surface area contributed by atoms with Gasteiger partial charge in [0.2, 0.25) is 5.60 Å². The molecule has 2 spiro atoms. The van der Waals surface area contributed by atoms with Crippen molar-refractivity contribution in [3.63, 3.8) is 0 Å². The topological polar surface area (TPSA) is 135 Å². The largest absolute Gasteiger partial charge is 0.459 e. The smallest absolute Gasteiger partial charge is 0.345 e. The number of fused-ring (bicyclic) bond motifs is 1. The Hall–Kier alpha value is -2.72. The van der Waals surface area contributed by atoms with Crippen molar-refractivity contribution in [1.82, 2.24) is 0 Å². The highest BCUT2D eigenvalue weighted by atomic mass is 16.7. The lowest BCUT2D eigenvalue weighted by Gasteiger charge is -2.69. The van der Waals surface area contributed by atoms with Crippen molar-refractivity contribution in [2.75, 3.05) is 0 Å². The molecule has 4 aliphatic heterocycles. The third-order valence-corrected chi connectivity index (χ3v) is 10.9. The summed E-state index contributed by atoms with van der Waals surface area (Å²) in [4.78, 5) is 52.8. The van der Waals surface area contributed by atoms with Gasteiger partial charge in [-0.05, 0) is 51.7 Å². The molecule has 0 aromatic rings. The van der Waals surface area contributed by atoms with Gasteiger partial charge in [0, 0.05) is 18.8 Å². The summed E-state index contributed by atoms with van der Waals surface area (Å²) in [6.07, 6.45) is -3.36. The molecule has 1 N–H and O–H groups in total. The summed E-state index contributed by atoms with van der Waals surface area (Å²) in [5.41, 5.74) is -10.6. The summed E-state index contributed by atoms with van der Waals surface area (Å²) in [6.45, 7) is 18.1. The second kappa shape index (κ2) is 6.29. The molecule has 6 aliphatic rings. The second-order valence-corrected chi connectivity index (χ2v) is 12.3. The first-order chi connectivity index (χ1) is 17.0. The van der Waals surface area contributed by atoms with Crippen molar-refractivity contribution < 1.29 is 48.0 Å². The molecule has 4 saturated heterocycles. The Balaban J connectivity index is 1.75. The van der Waals surface area contributed by atoms with E-state index in [-0.39, 0.29) is 30.8 Å². The summed E-state index contributed by atoms with van der Waals surface area (Å²) in [7, 11) is 0. The van der Waals surface area contributed by atoms with E-state index in [0.717, 1.165) is 0 Å². The van der Waals surface area contributed by atoms with Gasteiger partial charge in [-0.15, -0.1) is 0 Å². The molecule has 4 heterocycles. The molecule has 9 atom stereocenters. The molecule has 10 nitrogen and oxygen atoms in total. The number of aliphatic hydroxyl groups excluding tert-OH is 1. The third kappa shape index (κ3) is 1.98. The number of esters is 4. The van der Waals surface area contributed by atoms with Gasteiger partial charge in [-0.25, -0.2) is 4.79 Å². The molecular formula is C27H32O10. The standard InChI is InChI=1S/C27H32O10/c1-12-22(7)18(34-15(4)28)26-13(2)24(10-9-17(30)35-21(24,5)6)11-16(29)23(26,8)25(12)19(31)33-14(3)27(25,37-26)20(32)36-22/h14,16,18,29H,1-2,9-11H2,3-8H3/t14-,16-,18-,22+,23-,24+,25+,26?,27-/m0/s1. The zero-order chi connectivity index (χ0) is 27.4. The molecule has 10 heteroatoms. The van der Waals surface area contributed by atoms with Crippen LogP contribution in [0.25, 0.3) is 0 Å².